The van der Waals surface area contributed by atoms with E-state index in [9.17, 15) is 9.59 Å². The molecule has 1 aromatic heterocycles. The van der Waals surface area contributed by atoms with E-state index in [0.717, 1.165) is 32.4 Å². The Morgan fingerprint density at radius 3 is 2.48 bits per heavy atom. The topological polar surface area (TPSA) is 55.2 Å². The molecule has 0 radical (unpaired) electrons. The number of carbonyl (C=O) groups excluding carboxylic acids is 1. The molecule has 1 saturated heterocycles. The van der Waals surface area contributed by atoms with Crippen LogP contribution in [0.4, 0.5) is 0 Å². The SMILES string of the molecule is Cn1c(CCC(=O)N2CCC(Cc3ccccc3)CC2)nc2ccccc2c1=O. The van der Waals surface area contributed by atoms with Gasteiger partial charge in [-0.3, -0.25) is 14.2 Å². The van der Waals surface area contributed by atoms with Crippen LogP contribution >= 0.6 is 0 Å². The quantitative estimate of drug-likeness (QED) is 0.672. The summed E-state index contributed by atoms with van der Waals surface area (Å²) in [6.07, 6.45) is 4.06. The fourth-order valence-corrected chi connectivity index (χ4v) is 4.20. The van der Waals surface area contributed by atoms with Crippen LogP contribution in [0.3, 0.4) is 0 Å². The predicted octanol–water partition coefficient (Wildman–Crippen LogP) is 3.35. The summed E-state index contributed by atoms with van der Waals surface area (Å²) in [4.78, 5) is 31.8. The lowest BCUT2D eigenvalue weighted by Crippen LogP contribution is -2.39. The van der Waals surface area contributed by atoms with Gasteiger partial charge in [0.25, 0.3) is 5.56 Å². The summed E-state index contributed by atoms with van der Waals surface area (Å²) in [6, 6.07) is 17.9. The molecule has 29 heavy (non-hydrogen) atoms. The number of aryl methyl sites for hydroxylation is 1. The molecule has 0 saturated carbocycles. The van der Waals surface area contributed by atoms with E-state index in [1.807, 2.05) is 29.2 Å². The second-order valence-electron chi connectivity index (χ2n) is 7.92. The second-order valence-corrected chi connectivity index (χ2v) is 7.92. The third kappa shape index (κ3) is 4.39. The summed E-state index contributed by atoms with van der Waals surface area (Å²) < 4.78 is 1.57. The monoisotopic (exact) mass is 389 g/mol. The van der Waals surface area contributed by atoms with Crippen molar-refractivity contribution in [2.75, 3.05) is 13.1 Å². The average Bonchev–Trinajstić information content (AvgIpc) is 2.76. The van der Waals surface area contributed by atoms with Crippen molar-refractivity contribution in [3.63, 3.8) is 0 Å². The smallest absolute Gasteiger partial charge is 0.261 e. The van der Waals surface area contributed by atoms with Gasteiger partial charge in [-0.25, -0.2) is 4.98 Å². The zero-order valence-electron chi connectivity index (χ0n) is 16.9. The molecule has 0 unspecified atom stereocenters. The lowest BCUT2D eigenvalue weighted by Gasteiger charge is -2.32. The van der Waals surface area contributed by atoms with Crippen LogP contribution in [-0.4, -0.2) is 33.4 Å². The van der Waals surface area contributed by atoms with Crippen molar-refractivity contribution in [2.24, 2.45) is 13.0 Å². The molecule has 2 aromatic carbocycles. The summed E-state index contributed by atoms with van der Waals surface area (Å²) >= 11 is 0. The molecule has 2 heterocycles. The van der Waals surface area contributed by atoms with Crippen LogP contribution in [0.15, 0.2) is 59.4 Å². The van der Waals surface area contributed by atoms with Crippen LogP contribution in [0.5, 0.6) is 0 Å². The highest BCUT2D eigenvalue weighted by molar-refractivity contribution is 5.78. The van der Waals surface area contributed by atoms with E-state index in [1.165, 1.54) is 5.56 Å². The summed E-state index contributed by atoms with van der Waals surface area (Å²) in [5.41, 5.74) is 2.01. The number of nitrogens with zero attached hydrogens (tertiary/aromatic N) is 3. The Morgan fingerprint density at radius 2 is 1.72 bits per heavy atom. The van der Waals surface area contributed by atoms with Gasteiger partial charge < -0.3 is 4.90 Å². The van der Waals surface area contributed by atoms with Gasteiger partial charge in [0.15, 0.2) is 0 Å². The lowest BCUT2D eigenvalue weighted by atomic mass is 9.90. The number of likely N-dealkylation sites (tertiary alicyclic amines) is 1. The molecule has 1 aliphatic heterocycles. The van der Waals surface area contributed by atoms with Crippen LogP contribution < -0.4 is 5.56 Å². The summed E-state index contributed by atoms with van der Waals surface area (Å²) in [5, 5.41) is 0.616. The molecule has 0 atom stereocenters. The van der Waals surface area contributed by atoms with Crippen molar-refractivity contribution in [3.8, 4) is 0 Å². The summed E-state index contributed by atoms with van der Waals surface area (Å²) in [6.45, 7) is 1.64. The van der Waals surface area contributed by atoms with E-state index in [1.54, 1.807) is 17.7 Å². The first-order valence-electron chi connectivity index (χ1n) is 10.4. The van der Waals surface area contributed by atoms with Crippen molar-refractivity contribution in [2.45, 2.75) is 32.1 Å². The highest BCUT2D eigenvalue weighted by Crippen LogP contribution is 2.22. The number of piperidine rings is 1. The molecule has 5 heteroatoms. The number of aromatic nitrogens is 2. The predicted molar refractivity (Wildman–Crippen MR) is 115 cm³/mol. The first-order chi connectivity index (χ1) is 14.1. The third-order valence-corrected chi connectivity index (χ3v) is 5.97. The Bertz CT molecular complexity index is 1050. The summed E-state index contributed by atoms with van der Waals surface area (Å²) in [7, 11) is 1.73. The highest BCUT2D eigenvalue weighted by atomic mass is 16.2. The van der Waals surface area contributed by atoms with Crippen molar-refractivity contribution in [1.82, 2.24) is 14.5 Å². The lowest BCUT2D eigenvalue weighted by molar-refractivity contribution is -0.132. The molecule has 5 nitrogen and oxygen atoms in total. The van der Waals surface area contributed by atoms with E-state index in [0.29, 0.717) is 35.5 Å². The Labute approximate surface area is 171 Å². The molecule has 1 aliphatic rings. The van der Waals surface area contributed by atoms with Gasteiger partial charge in [-0.05, 0) is 42.9 Å². The Hall–Kier alpha value is -2.95. The maximum absolute atomic E-state index is 12.7. The van der Waals surface area contributed by atoms with Gasteiger partial charge in [-0.15, -0.1) is 0 Å². The van der Waals surface area contributed by atoms with Gasteiger partial charge in [0, 0.05) is 33.0 Å². The van der Waals surface area contributed by atoms with Gasteiger partial charge in [-0.2, -0.15) is 0 Å². The standard InChI is InChI=1S/C24H27N3O2/c1-26-22(25-21-10-6-5-9-20(21)24(26)29)11-12-23(28)27-15-13-19(14-16-27)17-18-7-3-2-4-8-18/h2-10,19H,11-17H2,1H3. The average molecular weight is 389 g/mol. The minimum absolute atomic E-state index is 0.0558. The second kappa shape index (κ2) is 8.60. The van der Waals surface area contributed by atoms with Gasteiger partial charge in [-0.1, -0.05) is 42.5 Å². The fourth-order valence-electron chi connectivity index (χ4n) is 4.20. The largest absolute Gasteiger partial charge is 0.343 e. The number of carbonyl (C=O) groups is 1. The number of rotatable bonds is 5. The molecule has 0 aliphatic carbocycles. The number of hydrogen-bond acceptors (Lipinski definition) is 3. The molecular formula is C24H27N3O2. The molecule has 0 bridgehead atoms. The normalized spacial score (nSPS) is 15.0. The highest BCUT2D eigenvalue weighted by Gasteiger charge is 2.23. The van der Waals surface area contributed by atoms with E-state index in [-0.39, 0.29) is 11.5 Å². The molecule has 0 spiro atoms. The van der Waals surface area contributed by atoms with E-state index in [2.05, 4.69) is 29.2 Å². The van der Waals surface area contributed by atoms with Crippen LogP contribution in [0.2, 0.25) is 0 Å². The molecule has 1 fully saturated rings. The maximum Gasteiger partial charge on any atom is 0.261 e. The first kappa shape index (κ1) is 19.4. The van der Waals surface area contributed by atoms with Crippen molar-refractivity contribution >= 4 is 16.8 Å². The first-order valence-corrected chi connectivity index (χ1v) is 10.4. The minimum atomic E-state index is -0.0558. The molecule has 3 aromatic rings. The Kier molecular flexibility index (Phi) is 5.74. The molecular weight excluding hydrogens is 362 g/mol. The molecule has 150 valence electrons. The summed E-state index contributed by atoms with van der Waals surface area (Å²) in [5.74, 6) is 1.47. The van der Waals surface area contributed by atoms with Crippen molar-refractivity contribution in [3.05, 3.63) is 76.3 Å². The van der Waals surface area contributed by atoms with Crippen LogP contribution in [0.25, 0.3) is 10.9 Å². The van der Waals surface area contributed by atoms with Crippen molar-refractivity contribution < 1.29 is 4.79 Å². The van der Waals surface area contributed by atoms with Crippen LogP contribution in [0.1, 0.15) is 30.7 Å². The third-order valence-electron chi connectivity index (χ3n) is 5.97. The maximum atomic E-state index is 12.7. The van der Waals surface area contributed by atoms with E-state index in [4.69, 9.17) is 0 Å². The minimum Gasteiger partial charge on any atom is -0.343 e. The van der Waals surface area contributed by atoms with Gasteiger partial charge in [0.05, 0.1) is 10.9 Å². The van der Waals surface area contributed by atoms with Crippen molar-refractivity contribution in [1.29, 1.82) is 0 Å². The number of hydrogen-bond donors (Lipinski definition) is 0. The molecule has 1 amide bonds. The Balaban J connectivity index is 1.33. The van der Waals surface area contributed by atoms with Gasteiger partial charge >= 0.3 is 0 Å². The van der Waals surface area contributed by atoms with E-state index < -0.39 is 0 Å². The van der Waals surface area contributed by atoms with Crippen LogP contribution in [0, 0.1) is 5.92 Å². The molecule has 0 N–H and O–H groups in total. The Morgan fingerprint density at radius 1 is 1.03 bits per heavy atom. The molecule has 4 rings (SSSR count). The zero-order chi connectivity index (χ0) is 20.2. The van der Waals surface area contributed by atoms with Gasteiger partial charge in [0.1, 0.15) is 5.82 Å². The zero-order valence-corrected chi connectivity index (χ0v) is 16.9. The van der Waals surface area contributed by atoms with E-state index >= 15 is 0 Å². The number of para-hydroxylation sites is 1. The van der Waals surface area contributed by atoms with Crippen LogP contribution in [-0.2, 0) is 24.7 Å². The number of benzene rings is 2. The fraction of sp³-hybridized carbons (Fsp3) is 0.375. The van der Waals surface area contributed by atoms with Gasteiger partial charge in [0.2, 0.25) is 5.91 Å². The number of amides is 1. The number of fused-ring (bicyclic) bond motifs is 1.